The number of carbonyl (C=O) groups is 2. The van der Waals surface area contributed by atoms with Crippen molar-refractivity contribution >= 4 is 23.0 Å². The second-order valence-corrected chi connectivity index (χ2v) is 7.60. The molecule has 0 unspecified atom stereocenters. The lowest BCUT2D eigenvalue weighted by molar-refractivity contribution is 0.0743. The van der Waals surface area contributed by atoms with E-state index in [1.807, 2.05) is 41.3 Å². The largest absolute Gasteiger partial charge is 0.368 e. The number of nitrogens with zero attached hydrogens (tertiary/aromatic N) is 4. The summed E-state index contributed by atoms with van der Waals surface area (Å²) in [4.78, 5) is 34.4. The van der Waals surface area contributed by atoms with Crippen LogP contribution in [-0.2, 0) is 0 Å². The lowest BCUT2D eigenvalue weighted by Crippen LogP contribution is -2.49. The van der Waals surface area contributed by atoms with Crippen LogP contribution in [0.4, 0.5) is 5.69 Å². The van der Waals surface area contributed by atoms with Gasteiger partial charge in [-0.05, 0) is 37.1 Å². The molecule has 1 aliphatic heterocycles. The predicted octanol–water partition coefficient (Wildman–Crippen LogP) is 2.19. The van der Waals surface area contributed by atoms with Crippen LogP contribution in [0.2, 0.25) is 0 Å². The minimum absolute atomic E-state index is 0.119. The number of imidazole rings is 1. The van der Waals surface area contributed by atoms with Gasteiger partial charge in [0.15, 0.2) is 5.69 Å². The summed E-state index contributed by atoms with van der Waals surface area (Å²) in [5.41, 5.74) is 2.19. The fourth-order valence-electron chi connectivity index (χ4n) is 3.79. The highest BCUT2D eigenvalue weighted by molar-refractivity contribution is 6.02. The number of rotatable bonds is 4. The molecular formula is C22H23N5O2. The molecule has 0 atom stereocenters. The molecule has 29 heavy (non-hydrogen) atoms. The number of carbonyl (C=O) groups excluding carboxylic acids is 2. The summed E-state index contributed by atoms with van der Waals surface area (Å²) in [7, 11) is 0. The molecule has 3 heterocycles. The molecule has 3 aromatic rings. The van der Waals surface area contributed by atoms with Gasteiger partial charge in [-0.25, -0.2) is 4.98 Å². The SMILES string of the molecule is O=C(NC1CC1)c1nc(C(=O)N2CCN(c3ccccc3)CC2)c2ccccn12. The maximum Gasteiger partial charge on any atom is 0.287 e. The zero-order valence-electron chi connectivity index (χ0n) is 16.1. The summed E-state index contributed by atoms with van der Waals surface area (Å²) in [5.74, 6) is -0.0627. The summed E-state index contributed by atoms with van der Waals surface area (Å²) >= 11 is 0. The zero-order valence-corrected chi connectivity index (χ0v) is 16.1. The molecule has 5 rings (SSSR count). The number of piperazine rings is 1. The third kappa shape index (κ3) is 3.44. The molecule has 1 saturated carbocycles. The molecule has 1 saturated heterocycles. The van der Waals surface area contributed by atoms with Gasteiger partial charge in [-0.3, -0.25) is 14.0 Å². The number of aromatic nitrogens is 2. The van der Waals surface area contributed by atoms with E-state index in [1.54, 1.807) is 10.6 Å². The van der Waals surface area contributed by atoms with Crippen LogP contribution in [0.1, 0.15) is 33.9 Å². The van der Waals surface area contributed by atoms with E-state index in [-0.39, 0.29) is 23.7 Å². The number of nitrogens with one attached hydrogen (secondary N) is 1. The Morgan fingerprint density at radius 3 is 2.38 bits per heavy atom. The Bertz CT molecular complexity index is 1050. The fraction of sp³-hybridized carbons (Fsp3) is 0.318. The van der Waals surface area contributed by atoms with Crippen molar-refractivity contribution in [2.24, 2.45) is 0 Å². The van der Waals surface area contributed by atoms with Gasteiger partial charge in [0, 0.05) is 44.1 Å². The topological polar surface area (TPSA) is 70.0 Å². The van der Waals surface area contributed by atoms with Crippen molar-refractivity contribution in [3.05, 3.63) is 66.2 Å². The molecule has 2 aliphatic rings. The van der Waals surface area contributed by atoms with Crippen molar-refractivity contribution in [1.82, 2.24) is 19.6 Å². The number of hydrogen-bond donors (Lipinski definition) is 1. The Labute approximate surface area is 168 Å². The van der Waals surface area contributed by atoms with E-state index < -0.39 is 0 Å². The van der Waals surface area contributed by atoms with Crippen molar-refractivity contribution in [2.75, 3.05) is 31.1 Å². The zero-order chi connectivity index (χ0) is 19.8. The molecule has 1 N–H and O–H groups in total. The van der Waals surface area contributed by atoms with Gasteiger partial charge in [-0.15, -0.1) is 0 Å². The Kier molecular flexibility index (Phi) is 4.42. The summed E-state index contributed by atoms with van der Waals surface area (Å²) in [6.07, 6.45) is 3.80. The van der Waals surface area contributed by atoms with E-state index in [4.69, 9.17) is 0 Å². The summed E-state index contributed by atoms with van der Waals surface area (Å²) < 4.78 is 1.71. The Hall–Kier alpha value is -3.35. The number of amides is 2. The lowest BCUT2D eigenvalue weighted by Gasteiger charge is -2.35. The predicted molar refractivity (Wildman–Crippen MR) is 110 cm³/mol. The number of pyridine rings is 1. The molecule has 0 bridgehead atoms. The van der Waals surface area contributed by atoms with Crippen molar-refractivity contribution < 1.29 is 9.59 Å². The van der Waals surface area contributed by atoms with E-state index in [2.05, 4.69) is 27.3 Å². The number of benzene rings is 1. The third-order valence-electron chi connectivity index (χ3n) is 5.55. The van der Waals surface area contributed by atoms with Gasteiger partial charge in [-0.1, -0.05) is 24.3 Å². The van der Waals surface area contributed by atoms with Crippen LogP contribution < -0.4 is 10.2 Å². The average molecular weight is 389 g/mol. The normalized spacial score (nSPS) is 16.8. The fourth-order valence-corrected chi connectivity index (χ4v) is 3.79. The standard InChI is InChI=1S/C22H23N5O2/c28-21(23-16-9-10-16)20-24-19(18-8-4-5-11-27(18)20)22(29)26-14-12-25(13-15-26)17-6-2-1-3-7-17/h1-8,11,16H,9-10,12-15H2,(H,23,28). The van der Waals surface area contributed by atoms with Crippen LogP contribution in [0.3, 0.4) is 0 Å². The van der Waals surface area contributed by atoms with Crippen molar-refractivity contribution in [3.8, 4) is 0 Å². The van der Waals surface area contributed by atoms with Gasteiger partial charge < -0.3 is 15.1 Å². The molecule has 0 spiro atoms. The highest BCUT2D eigenvalue weighted by Crippen LogP contribution is 2.22. The second-order valence-electron chi connectivity index (χ2n) is 7.60. The number of fused-ring (bicyclic) bond motifs is 1. The Morgan fingerprint density at radius 2 is 1.66 bits per heavy atom. The Morgan fingerprint density at radius 1 is 0.931 bits per heavy atom. The van der Waals surface area contributed by atoms with Crippen LogP contribution >= 0.6 is 0 Å². The number of anilines is 1. The molecule has 1 aliphatic carbocycles. The summed E-state index contributed by atoms with van der Waals surface area (Å²) in [6.45, 7) is 2.81. The second kappa shape index (κ2) is 7.24. The minimum Gasteiger partial charge on any atom is -0.368 e. The first-order chi connectivity index (χ1) is 14.2. The molecule has 1 aromatic carbocycles. The smallest absolute Gasteiger partial charge is 0.287 e. The molecule has 7 heteroatoms. The lowest BCUT2D eigenvalue weighted by atomic mass is 10.2. The van der Waals surface area contributed by atoms with Crippen molar-refractivity contribution in [2.45, 2.75) is 18.9 Å². The van der Waals surface area contributed by atoms with Gasteiger partial charge in [0.2, 0.25) is 5.82 Å². The Balaban J connectivity index is 1.37. The molecule has 2 amide bonds. The number of para-hydroxylation sites is 1. The minimum atomic E-state index is -0.221. The average Bonchev–Trinajstić information content (AvgIpc) is 3.50. The maximum absolute atomic E-state index is 13.2. The van der Waals surface area contributed by atoms with Crippen LogP contribution in [0, 0.1) is 0 Å². The van der Waals surface area contributed by atoms with Crippen LogP contribution in [0.5, 0.6) is 0 Å². The van der Waals surface area contributed by atoms with E-state index in [1.165, 1.54) is 5.69 Å². The molecule has 2 aromatic heterocycles. The van der Waals surface area contributed by atoms with Gasteiger partial charge in [0.05, 0.1) is 5.52 Å². The highest BCUT2D eigenvalue weighted by Gasteiger charge is 2.30. The van der Waals surface area contributed by atoms with E-state index in [0.717, 1.165) is 25.9 Å². The van der Waals surface area contributed by atoms with E-state index in [0.29, 0.717) is 24.3 Å². The maximum atomic E-state index is 13.2. The quantitative estimate of drug-likeness (QED) is 0.743. The molecule has 7 nitrogen and oxygen atoms in total. The first kappa shape index (κ1) is 17.7. The van der Waals surface area contributed by atoms with E-state index >= 15 is 0 Å². The first-order valence-electron chi connectivity index (χ1n) is 10.1. The van der Waals surface area contributed by atoms with Crippen LogP contribution in [0.15, 0.2) is 54.7 Å². The van der Waals surface area contributed by atoms with Gasteiger partial charge in [-0.2, -0.15) is 0 Å². The van der Waals surface area contributed by atoms with Gasteiger partial charge in [0.25, 0.3) is 11.8 Å². The molecule has 2 fully saturated rings. The van der Waals surface area contributed by atoms with Gasteiger partial charge in [0.1, 0.15) is 0 Å². The third-order valence-corrected chi connectivity index (χ3v) is 5.55. The van der Waals surface area contributed by atoms with E-state index in [9.17, 15) is 9.59 Å². The van der Waals surface area contributed by atoms with Crippen molar-refractivity contribution in [1.29, 1.82) is 0 Å². The van der Waals surface area contributed by atoms with Crippen molar-refractivity contribution in [3.63, 3.8) is 0 Å². The van der Waals surface area contributed by atoms with Crippen LogP contribution in [-0.4, -0.2) is 58.3 Å². The summed E-state index contributed by atoms with van der Waals surface area (Å²) in [6, 6.07) is 16.0. The number of hydrogen-bond acceptors (Lipinski definition) is 4. The molecule has 148 valence electrons. The van der Waals surface area contributed by atoms with Crippen LogP contribution in [0.25, 0.3) is 5.52 Å². The molecule has 0 radical (unpaired) electrons. The first-order valence-corrected chi connectivity index (χ1v) is 10.1. The van der Waals surface area contributed by atoms with Gasteiger partial charge >= 0.3 is 0 Å². The molecular weight excluding hydrogens is 366 g/mol. The summed E-state index contributed by atoms with van der Waals surface area (Å²) in [5, 5.41) is 2.96. The highest BCUT2D eigenvalue weighted by atomic mass is 16.2. The monoisotopic (exact) mass is 389 g/mol.